The Bertz CT molecular complexity index is 993. The van der Waals surface area contributed by atoms with Gasteiger partial charge in [-0.25, -0.2) is 9.97 Å². The van der Waals surface area contributed by atoms with E-state index in [2.05, 4.69) is 32.0 Å². The Hall–Kier alpha value is -2.99. The van der Waals surface area contributed by atoms with Crippen LogP contribution < -0.4 is 5.32 Å². The summed E-state index contributed by atoms with van der Waals surface area (Å²) in [5.41, 5.74) is 2.82. The number of aromatic nitrogens is 3. The van der Waals surface area contributed by atoms with Crippen LogP contribution >= 0.6 is 11.3 Å². The topological polar surface area (TPSA) is 59.8 Å². The van der Waals surface area contributed by atoms with Crippen molar-refractivity contribution in [3.63, 3.8) is 0 Å². The second kappa shape index (κ2) is 6.86. The molecular formula is C19H16N4OS. The van der Waals surface area contributed by atoms with Crippen LogP contribution in [0.3, 0.4) is 0 Å². The first kappa shape index (κ1) is 15.5. The van der Waals surface area contributed by atoms with Crippen molar-refractivity contribution in [1.29, 1.82) is 0 Å². The van der Waals surface area contributed by atoms with Gasteiger partial charge in [0.25, 0.3) is 5.91 Å². The molecule has 4 rings (SSSR count). The number of imidazole rings is 1. The zero-order valence-electron chi connectivity index (χ0n) is 13.4. The van der Waals surface area contributed by atoms with Gasteiger partial charge in [0.15, 0.2) is 5.65 Å². The van der Waals surface area contributed by atoms with E-state index in [-0.39, 0.29) is 5.91 Å². The minimum absolute atomic E-state index is 0.0822. The highest BCUT2D eigenvalue weighted by molar-refractivity contribution is 7.12. The second-order valence-electron chi connectivity index (χ2n) is 5.61. The zero-order valence-corrected chi connectivity index (χ0v) is 14.2. The summed E-state index contributed by atoms with van der Waals surface area (Å²) < 4.78 is 2.05. The molecule has 5 nitrogen and oxygen atoms in total. The summed E-state index contributed by atoms with van der Waals surface area (Å²) in [6, 6.07) is 17.7. The molecule has 0 saturated heterocycles. The van der Waals surface area contributed by atoms with Crippen molar-refractivity contribution in [3.05, 3.63) is 82.4 Å². The average molecular weight is 348 g/mol. The predicted octanol–water partition coefficient (Wildman–Crippen LogP) is 3.47. The number of benzene rings is 1. The molecule has 1 N–H and O–H groups in total. The molecule has 0 atom stereocenters. The number of pyridine rings is 1. The number of hydrogen-bond donors (Lipinski definition) is 1. The molecule has 0 fully saturated rings. The maximum absolute atomic E-state index is 12.2. The van der Waals surface area contributed by atoms with Crippen LogP contribution in [0.4, 0.5) is 0 Å². The lowest BCUT2D eigenvalue weighted by Gasteiger charge is -2.09. The van der Waals surface area contributed by atoms with Gasteiger partial charge in [0.2, 0.25) is 0 Å². The summed E-state index contributed by atoms with van der Waals surface area (Å²) in [6.45, 7) is 1.03. The number of carbonyl (C=O) groups is 1. The first-order valence-electron chi connectivity index (χ1n) is 7.97. The van der Waals surface area contributed by atoms with Crippen molar-refractivity contribution in [2.24, 2.45) is 0 Å². The molecule has 1 aromatic carbocycles. The number of hydrogen-bond acceptors (Lipinski definition) is 4. The maximum Gasteiger partial charge on any atom is 0.261 e. The standard InChI is InChI=1S/C19H16N4OS/c24-19(16-9-5-11-25-16)21-12-17-22-15-8-4-10-20-18(15)23(17)13-14-6-2-1-3-7-14/h1-11H,12-13H2,(H,21,24). The van der Waals surface area contributed by atoms with Crippen molar-refractivity contribution in [3.8, 4) is 0 Å². The molecule has 0 radical (unpaired) electrons. The van der Waals surface area contributed by atoms with Gasteiger partial charge in [-0.3, -0.25) is 4.79 Å². The summed E-state index contributed by atoms with van der Waals surface area (Å²) in [7, 11) is 0. The van der Waals surface area contributed by atoms with Crippen molar-refractivity contribution in [1.82, 2.24) is 19.9 Å². The van der Waals surface area contributed by atoms with E-state index in [1.54, 1.807) is 6.20 Å². The van der Waals surface area contributed by atoms with E-state index >= 15 is 0 Å². The predicted molar refractivity (Wildman–Crippen MR) is 98.6 cm³/mol. The van der Waals surface area contributed by atoms with Crippen LogP contribution in [0.25, 0.3) is 11.2 Å². The van der Waals surface area contributed by atoms with Crippen LogP contribution in [-0.4, -0.2) is 20.4 Å². The summed E-state index contributed by atoms with van der Waals surface area (Å²) in [5, 5.41) is 4.84. The first-order chi connectivity index (χ1) is 12.3. The molecule has 0 aliphatic rings. The van der Waals surface area contributed by atoms with Crippen LogP contribution in [0.15, 0.2) is 66.2 Å². The molecule has 124 valence electrons. The van der Waals surface area contributed by atoms with Crippen LogP contribution in [0.2, 0.25) is 0 Å². The van der Waals surface area contributed by atoms with Crippen molar-refractivity contribution in [2.75, 3.05) is 0 Å². The van der Waals surface area contributed by atoms with Crippen LogP contribution in [0, 0.1) is 0 Å². The average Bonchev–Trinajstić information content (AvgIpc) is 3.29. The van der Waals surface area contributed by atoms with Gasteiger partial charge in [0, 0.05) is 6.20 Å². The van der Waals surface area contributed by atoms with Gasteiger partial charge >= 0.3 is 0 Å². The fourth-order valence-corrected chi connectivity index (χ4v) is 3.37. The molecule has 25 heavy (non-hydrogen) atoms. The number of nitrogens with zero attached hydrogens (tertiary/aromatic N) is 3. The van der Waals surface area contributed by atoms with Gasteiger partial charge in [-0.05, 0) is 29.1 Å². The Kier molecular flexibility index (Phi) is 4.26. The molecule has 1 amide bonds. The van der Waals surface area contributed by atoms with E-state index in [1.165, 1.54) is 16.9 Å². The lowest BCUT2D eigenvalue weighted by atomic mass is 10.2. The molecule has 4 aromatic rings. The molecule has 3 aromatic heterocycles. The lowest BCUT2D eigenvalue weighted by Crippen LogP contribution is -2.24. The van der Waals surface area contributed by atoms with Crippen LogP contribution in [0.1, 0.15) is 21.1 Å². The van der Waals surface area contributed by atoms with Crippen LogP contribution in [-0.2, 0) is 13.1 Å². The van der Waals surface area contributed by atoms with Gasteiger partial charge in [0.1, 0.15) is 11.3 Å². The molecular weight excluding hydrogens is 332 g/mol. The lowest BCUT2D eigenvalue weighted by molar-refractivity contribution is 0.0953. The molecule has 0 aliphatic heterocycles. The number of carbonyl (C=O) groups excluding carboxylic acids is 1. The molecule has 0 aliphatic carbocycles. The summed E-state index contributed by atoms with van der Waals surface area (Å²) in [6.07, 6.45) is 1.76. The van der Waals surface area contributed by atoms with Gasteiger partial charge in [-0.1, -0.05) is 36.4 Å². The minimum Gasteiger partial charge on any atom is -0.344 e. The molecule has 0 bridgehead atoms. The van der Waals surface area contributed by atoms with E-state index in [0.29, 0.717) is 18.0 Å². The summed E-state index contributed by atoms with van der Waals surface area (Å²) >= 11 is 1.43. The Labute approximate surface area is 149 Å². The van der Waals surface area contributed by atoms with E-state index in [9.17, 15) is 4.79 Å². The highest BCUT2D eigenvalue weighted by atomic mass is 32.1. The largest absolute Gasteiger partial charge is 0.344 e. The number of amides is 1. The molecule has 6 heteroatoms. The highest BCUT2D eigenvalue weighted by Crippen LogP contribution is 2.16. The molecule has 0 saturated carbocycles. The fourth-order valence-electron chi connectivity index (χ4n) is 2.73. The maximum atomic E-state index is 12.2. The third-order valence-corrected chi connectivity index (χ3v) is 4.79. The number of rotatable bonds is 5. The Balaban J connectivity index is 1.63. The van der Waals surface area contributed by atoms with Gasteiger partial charge < -0.3 is 9.88 Å². The van der Waals surface area contributed by atoms with Gasteiger partial charge in [-0.2, -0.15) is 0 Å². The van der Waals surface area contributed by atoms with Crippen molar-refractivity contribution < 1.29 is 4.79 Å². The Morgan fingerprint density at radius 2 is 1.96 bits per heavy atom. The quantitative estimate of drug-likeness (QED) is 0.601. The van der Waals surface area contributed by atoms with E-state index in [1.807, 2.05) is 47.8 Å². The summed E-state index contributed by atoms with van der Waals surface area (Å²) in [4.78, 5) is 22.0. The van der Waals surface area contributed by atoms with E-state index in [4.69, 9.17) is 0 Å². The Morgan fingerprint density at radius 3 is 2.76 bits per heavy atom. The van der Waals surface area contributed by atoms with Crippen LogP contribution in [0.5, 0.6) is 0 Å². The minimum atomic E-state index is -0.0822. The molecule has 0 spiro atoms. The number of thiophene rings is 1. The second-order valence-corrected chi connectivity index (χ2v) is 6.55. The van der Waals surface area contributed by atoms with Crippen molar-refractivity contribution in [2.45, 2.75) is 13.1 Å². The van der Waals surface area contributed by atoms with Gasteiger partial charge in [0.05, 0.1) is 18.0 Å². The third-order valence-electron chi connectivity index (χ3n) is 3.92. The number of fused-ring (bicyclic) bond motifs is 1. The third kappa shape index (κ3) is 3.29. The van der Waals surface area contributed by atoms with Gasteiger partial charge in [-0.15, -0.1) is 11.3 Å². The Morgan fingerprint density at radius 1 is 1.08 bits per heavy atom. The molecule has 3 heterocycles. The SMILES string of the molecule is O=C(NCc1nc2cccnc2n1Cc1ccccc1)c1cccs1. The first-order valence-corrected chi connectivity index (χ1v) is 8.85. The van der Waals surface area contributed by atoms with E-state index in [0.717, 1.165) is 17.0 Å². The fraction of sp³-hybridized carbons (Fsp3) is 0.105. The highest BCUT2D eigenvalue weighted by Gasteiger charge is 2.14. The normalized spacial score (nSPS) is 10.9. The number of nitrogens with one attached hydrogen (secondary N) is 1. The smallest absolute Gasteiger partial charge is 0.261 e. The summed E-state index contributed by atoms with van der Waals surface area (Å²) in [5.74, 6) is 0.712. The monoisotopic (exact) mass is 348 g/mol. The van der Waals surface area contributed by atoms with E-state index < -0.39 is 0 Å². The zero-order chi connectivity index (χ0) is 17.1. The molecule has 0 unspecified atom stereocenters. The van der Waals surface area contributed by atoms with Crippen molar-refractivity contribution >= 4 is 28.4 Å².